The molecule has 37 heavy (non-hydrogen) atoms. The maximum atomic E-state index is 12.9. The topological polar surface area (TPSA) is 211 Å². The Kier molecular flexibility index (Phi) is 16.7. The maximum absolute atomic E-state index is 12.9. The molecule has 1 saturated carbocycles. The molecule has 0 aliphatic heterocycles. The SMILES string of the molecule is CCCCCCCCSC[C@H](O)[C@H](O)CS[C@@H]1[C@@H](O)[C@@H](O)[C@H](O)C[C@@H]1C(=O)N[C@@H](CCC(=O)O)C(N)=O. The van der Waals surface area contributed by atoms with Crippen LogP contribution < -0.4 is 11.1 Å². The Labute approximate surface area is 227 Å². The highest BCUT2D eigenvalue weighted by Gasteiger charge is 2.46. The first kappa shape index (κ1) is 33.9. The van der Waals surface area contributed by atoms with Gasteiger partial charge in [-0.05, 0) is 25.0 Å². The number of aliphatic hydroxyl groups is 5. The van der Waals surface area contributed by atoms with Gasteiger partial charge in [0.2, 0.25) is 11.8 Å². The molecule has 2 amide bonds. The number of unbranched alkanes of at least 4 members (excludes halogenated alkanes) is 5. The lowest BCUT2D eigenvalue weighted by molar-refractivity contribution is -0.140. The third-order valence-corrected chi connectivity index (χ3v) is 9.13. The van der Waals surface area contributed by atoms with Crippen molar-refractivity contribution in [1.29, 1.82) is 0 Å². The molecular weight excluding hydrogens is 524 g/mol. The van der Waals surface area contributed by atoms with E-state index >= 15 is 0 Å². The number of carboxylic acids is 1. The van der Waals surface area contributed by atoms with Crippen molar-refractivity contribution in [3.63, 3.8) is 0 Å². The summed E-state index contributed by atoms with van der Waals surface area (Å²) in [4.78, 5) is 35.4. The highest BCUT2D eigenvalue weighted by molar-refractivity contribution is 8.00. The summed E-state index contributed by atoms with van der Waals surface area (Å²) >= 11 is 2.53. The molecule has 0 heterocycles. The van der Waals surface area contributed by atoms with Gasteiger partial charge in [-0.2, -0.15) is 23.5 Å². The number of nitrogens with one attached hydrogen (secondary N) is 1. The number of carbonyl (C=O) groups excluding carboxylic acids is 2. The van der Waals surface area contributed by atoms with E-state index in [0.717, 1.165) is 30.4 Å². The predicted octanol–water partition coefficient (Wildman–Crippen LogP) is -0.159. The van der Waals surface area contributed by atoms with Gasteiger partial charge in [-0.15, -0.1) is 0 Å². The summed E-state index contributed by atoms with van der Waals surface area (Å²) in [5.41, 5.74) is 5.28. The van der Waals surface area contributed by atoms with Gasteiger partial charge in [0.1, 0.15) is 12.1 Å². The van der Waals surface area contributed by atoms with Crippen LogP contribution in [-0.4, -0.2) is 107 Å². The zero-order chi connectivity index (χ0) is 28.0. The van der Waals surface area contributed by atoms with Gasteiger partial charge in [-0.1, -0.05) is 39.0 Å². The minimum absolute atomic E-state index is 0.0364. The Morgan fingerprint density at radius 3 is 2.22 bits per heavy atom. The first-order valence-corrected chi connectivity index (χ1v) is 15.1. The number of thioether (sulfide) groups is 2. The monoisotopic (exact) mass is 568 g/mol. The number of rotatable bonds is 19. The average Bonchev–Trinajstić information content (AvgIpc) is 2.85. The van der Waals surface area contributed by atoms with Crippen LogP contribution in [0.1, 0.15) is 64.7 Å². The van der Waals surface area contributed by atoms with Crippen molar-refractivity contribution in [1.82, 2.24) is 5.32 Å². The molecule has 0 spiro atoms. The minimum atomic E-state index is -1.52. The molecule has 0 bridgehead atoms. The number of nitrogens with two attached hydrogens (primary N) is 1. The third kappa shape index (κ3) is 12.5. The molecule has 11 nitrogen and oxygen atoms in total. The summed E-state index contributed by atoms with van der Waals surface area (Å²) in [5, 5.41) is 61.8. The van der Waals surface area contributed by atoms with Gasteiger partial charge in [-0.25, -0.2) is 0 Å². The van der Waals surface area contributed by atoms with E-state index in [0.29, 0.717) is 5.75 Å². The lowest BCUT2D eigenvalue weighted by Gasteiger charge is -2.40. The second kappa shape index (κ2) is 18.2. The minimum Gasteiger partial charge on any atom is -0.481 e. The highest BCUT2D eigenvalue weighted by Crippen LogP contribution is 2.35. The molecule has 0 aromatic carbocycles. The van der Waals surface area contributed by atoms with Gasteiger partial charge in [-0.3, -0.25) is 14.4 Å². The Morgan fingerprint density at radius 2 is 1.59 bits per heavy atom. The smallest absolute Gasteiger partial charge is 0.303 e. The maximum Gasteiger partial charge on any atom is 0.303 e. The quantitative estimate of drug-likeness (QED) is 0.0959. The van der Waals surface area contributed by atoms with Crippen molar-refractivity contribution < 1.29 is 45.0 Å². The van der Waals surface area contributed by atoms with Crippen LogP contribution in [0.2, 0.25) is 0 Å². The van der Waals surface area contributed by atoms with E-state index < -0.39 is 71.9 Å². The zero-order valence-corrected chi connectivity index (χ0v) is 23.0. The summed E-state index contributed by atoms with van der Waals surface area (Å²) in [6, 6.07) is -1.26. The predicted molar refractivity (Wildman–Crippen MR) is 143 cm³/mol. The highest BCUT2D eigenvalue weighted by atomic mass is 32.2. The van der Waals surface area contributed by atoms with E-state index in [1.54, 1.807) is 11.8 Å². The number of aliphatic hydroxyl groups excluding tert-OH is 5. The fourth-order valence-electron chi connectivity index (χ4n) is 4.12. The second-order valence-corrected chi connectivity index (χ2v) is 11.9. The van der Waals surface area contributed by atoms with E-state index in [9.17, 15) is 39.9 Å². The van der Waals surface area contributed by atoms with Crippen molar-refractivity contribution >= 4 is 41.3 Å². The van der Waals surface area contributed by atoms with Gasteiger partial charge < -0.3 is 41.7 Å². The normalized spacial score (nSPS) is 26.3. The van der Waals surface area contributed by atoms with Crippen LogP contribution >= 0.6 is 23.5 Å². The van der Waals surface area contributed by atoms with E-state index in [-0.39, 0.29) is 18.6 Å². The van der Waals surface area contributed by atoms with Crippen LogP contribution in [0.15, 0.2) is 0 Å². The van der Waals surface area contributed by atoms with Crippen LogP contribution in [0.25, 0.3) is 0 Å². The van der Waals surface area contributed by atoms with Gasteiger partial charge in [0.15, 0.2) is 0 Å². The number of carboxylic acid groups (broad SMARTS) is 1. The van der Waals surface area contributed by atoms with Crippen LogP contribution in [0.4, 0.5) is 0 Å². The standard InChI is InChI=1S/C24H44N2O9S2/c1-2-3-4-5-6-7-10-36-12-17(28)18(29)13-37-22-14(11-16(27)20(32)21(22)33)24(35)26-15(23(25)34)8-9-19(30)31/h14-18,20-22,27-29,32-33H,2-13H2,1H3,(H2,25,34)(H,26,35)(H,30,31)/t14-,15-,16+,17-,18+,20-,21-,22-/m0/s1. The van der Waals surface area contributed by atoms with E-state index in [4.69, 9.17) is 10.8 Å². The first-order chi connectivity index (χ1) is 17.5. The molecule has 0 unspecified atom stereocenters. The molecule has 0 radical (unpaired) electrons. The summed E-state index contributed by atoms with van der Waals surface area (Å²) in [6.45, 7) is 2.17. The second-order valence-electron chi connectivity index (χ2n) is 9.56. The lowest BCUT2D eigenvalue weighted by atomic mass is 9.82. The molecule has 8 atom stereocenters. The molecule has 1 aliphatic carbocycles. The molecule has 0 aromatic rings. The Bertz CT molecular complexity index is 703. The van der Waals surface area contributed by atoms with Crippen molar-refractivity contribution in [2.75, 3.05) is 17.3 Å². The Morgan fingerprint density at radius 1 is 0.973 bits per heavy atom. The number of aliphatic carboxylic acids is 1. The fraction of sp³-hybridized carbons (Fsp3) is 0.875. The summed E-state index contributed by atoms with van der Waals surface area (Å²) in [6.07, 6.45) is -0.427. The Hall–Kier alpha value is -1.09. The Balaban J connectivity index is 2.64. The molecule has 216 valence electrons. The summed E-state index contributed by atoms with van der Waals surface area (Å²) in [5.74, 6) is -2.71. The molecular formula is C24H44N2O9S2. The van der Waals surface area contributed by atoms with Gasteiger partial charge >= 0.3 is 5.97 Å². The first-order valence-electron chi connectivity index (χ1n) is 12.9. The molecule has 1 rings (SSSR count). The van der Waals surface area contributed by atoms with Crippen molar-refractivity contribution in [3.05, 3.63) is 0 Å². The van der Waals surface area contributed by atoms with E-state index in [2.05, 4.69) is 12.2 Å². The van der Waals surface area contributed by atoms with Gasteiger partial charge in [0, 0.05) is 23.2 Å². The lowest BCUT2D eigenvalue weighted by Crippen LogP contribution is -2.58. The van der Waals surface area contributed by atoms with Crippen LogP contribution in [0.5, 0.6) is 0 Å². The van der Waals surface area contributed by atoms with Crippen LogP contribution in [-0.2, 0) is 14.4 Å². The summed E-state index contributed by atoms with van der Waals surface area (Å²) in [7, 11) is 0. The van der Waals surface area contributed by atoms with Crippen molar-refractivity contribution in [3.8, 4) is 0 Å². The number of amides is 2. The van der Waals surface area contributed by atoms with Crippen LogP contribution in [0.3, 0.4) is 0 Å². The number of carbonyl (C=O) groups is 3. The van der Waals surface area contributed by atoms with E-state index in [1.165, 1.54) is 25.7 Å². The molecule has 1 aliphatic rings. The summed E-state index contributed by atoms with van der Waals surface area (Å²) < 4.78 is 0. The van der Waals surface area contributed by atoms with Gasteiger partial charge in [0.25, 0.3) is 0 Å². The zero-order valence-electron chi connectivity index (χ0n) is 21.4. The van der Waals surface area contributed by atoms with Crippen molar-refractivity contribution in [2.45, 2.75) is 107 Å². The third-order valence-electron chi connectivity index (χ3n) is 6.45. The molecule has 1 fully saturated rings. The largest absolute Gasteiger partial charge is 0.481 e. The van der Waals surface area contributed by atoms with E-state index in [1.807, 2.05) is 0 Å². The van der Waals surface area contributed by atoms with Gasteiger partial charge in [0.05, 0.1) is 30.3 Å². The average molecular weight is 569 g/mol. The van der Waals surface area contributed by atoms with Crippen LogP contribution in [0, 0.1) is 5.92 Å². The fourth-order valence-corrected chi connectivity index (χ4v) is 6.62. The molecule has 0 saturated heterocycles. The molecule has 0 aromatic heterocycles. The number of primary amides is 1. The number of hydrogen-bond donors (Lipinski definition) is 8. The van der Waals surface area contributed by atoms with Crippen molar-refractivity contribution in [2.24, 2.45) is 11.7 Å². The molecule has 9 N–H and O–H groups in total. The number of hydrogen-bond acceptors (Lipinski definition) is 10. The molecule has 13 heteroatoms.